The molecule has 0 aliphatic rings. The van der Waals surface area contributed by atoms with E-state index in [0.29, 0.717) is 33.5 Å². The van der Waals surface area contributed by atoms with Gasteiger partial charge in [0.1, 0.15) is 5.76 Å². The van der Waals surface area contributed by atoms with E-state index in [4.69, 9.17) is 27.7 Å². The lowest BCUT2D eigenvalue weighted by atomic mass is 10.1. The summed E-state index contributed by atoms with van der Waals surface area (Å²) in [4.78, 5) is 15.7. The molecule has 0 amide bonds. The van der Waals surface area contributed by atoms with E-state index < -0.39 is 5.97 Å². The lowest BCUT2D eigenvalue weighted by Crippen LogP contribution is -2.03. The Hall–Kier alpha value is -2.57. The third kappa shape index (κ3) is 3.31. The Balaban J connectivity index is 2.04. The summed E-state index contributed by atoms with van der Waals surface area (Å²) >= 11 is 12.6. The fourth-order valence-corrected chi connectivity index (χ4v) is 3.01. The number of halogens is 2. The van der Waals surface area contributed by atoms with Crippen LogP contribution >= 0.6 is 23.2 Å². The van der Waals surface area contributed by atoms with Crippen LogP contribution < -0.4 is 5.32 Å². The van der Waals surface area contributed by atoms with E-state index in [1.165, 1.54) is 6.07 Å². The molecule has 0 spiro atoms. The van der Waals surface area contributed by atoms with E-state index in [2.05, 4.69) is 15.5 Å². The van der Waals surface area contributed by atoms with Gasteiger partial charge < -0.3 is 14.9 Å². The predicted molar refractivity (Wildman–Crippen MR) is 95.9 cm³/mol. The molecule has 0 saturated carbocycles. The second-order valence-corrected chi connectivity index (χ2v) is 6.10. The number of carboxylic acid groups (broad SMARTS) is 1. The lowest BCUT2D eigenvalue weighted by Gasteiger charge is -2.13. The third-order valence-corrected chi connectivity index (χ3v) is 4.21. The number of hydrogen-bond acceptors (Lipinski definition) is 5. The van der Waals surface area contributed by atoms with Crippen molar-refractivity contribution in [2.45, 2.75) is 13.8 Å². The Morgan fingerprint density at radius 3 is 2.56 bits per heavy atom. The number of carbonyl (C=O) groups is 1. The molecule has 2 N–H and O–H groups in total. The molecule has 6 nitrogen and oxygen atoms in total. The number of aromatic nitrogens is 2. The van der Waals surface area contributed by atoms with Gasteiger partial charge in [-0.15, -0.1) is 0 Å². The van der Waals surface area contributed by atoms with Gasteiger partial charge >= 0.3 is 5.97 Å². The first-order chi connectivity index (χ1) is 11.9. The van der Waals surface area contributed by atoms with E-state index in [1.54, 1.807) is 38.1 Å². The molecule has 0 aliphatic carbocycles. The molecular formula is C17H13Cl2N3O3. The molecule has 0 aliphatic heterocycles. The van der Waals surface area contributed by atoms with Gasteiger partial charge in [0.2, 0.25) is 0 Å². The summed E-state index contributed by atoms with van der Waals surface area (Å²) in [5.74, 6) is -0.454. The number of benzene rings is 1. The molecule has 3 rings (SSSR count). The normalized spacial score (nSPS) is 10.7. The van der Waals surface area contributed by atoms with Crippen LogP contribution in [-0.4, -0.2) is 21.2 Å². The van der Waals surface area contributed by atoms with Gasteiger partial charge in [-0.1, -0.05) is 40.5 Å². The molecule has 0 radical (unpaired) electrons. The number of pyridine rings is 1. The van der Waals surface area contributed by atoms with Crippen molar-refractivity contribution in [3.8, 4) is 11.3 Å². The number of rotatable bonds is 4. The average molecular weight is 378 g/mol. The highest BCUT2D eigenvalue weighted by molar-refractivity contribution is 6.39. The number of hydrogen-bond donors (Lipinski definition) is 2. The Kier molecular flexibility index (Phi) is 4.65. The molecule has 0 unspecified atom stereocenters. The maximum Gasteiger partial charge on any atom is 0.337 e. The zero-order valence-electron chi connectivity index (χ0n) is 13.3. The molecule has 3 aromatic rings. The van der Waals surface area contributed by atoms with E-state index in [1.807, 2.05) is 0 Å². The van der Waals surface area contributed by atoms with Crippen molar-refractivity contribution in [3.05, 3.63) is 57.5 Å². The highest BCUT2D eigenvalue weighted by atomic mass is 35.5. The van der Waals surface area contributed by atoms with Gasteiger partial charge in [0.05, 0.1) is 38.9 Å². The molecule has 2 aromatic heterocycles. The van der Waals surface area contributed by atoms with Crippen LogP contribution in [-0.2, 0) is 0 Å². The summed E-state index contributed by atoms with van der Waals surface area (Å²) in [6.07, 6.45) is 0. The summed E-state index contributed by atoms with van der Waals surface area (Å²) in [6, 6.07) is 8.08. The molecule has 25 heavy (non-hydrogen) atoms. The van der Waals surface area contributed by atoms with Crippen molar-refractivity contribution in [1.29, 1.82) is 0 Å². The predicted octanol–water partition coefficient (Wildman–Crippen LogP) is 5.10. The van der Waals surface area contributed by atoms with Crippen molar-refractivity contribution in [2.75, 3.05) is 5.32 Å². The van der Waals surface area contributed by atoms with E-state index >= 15 is 0 Å². The fourth-order valence-electron chi connectivity index (χ4n) is 2.49. The van der Waals surface area contributed by atoms with Crippen LogP contribution in [0, 0.1) is 13.8 Å². The topological polar surface area (TPSA) is 88.2 Å². The van der Waals surface area contributed by atoms with Crippen molar-refractivity contribution in [1.82, 2.24) is 10.1 Å². The first kappa shape index (κ1) is 17.3. The van der Waals surface area contributed by atoms with Gasteiger partial charge in [0, 0.05) is 0 Å². The van der Waals surface area contributed by atoms with Gasteiger partial charge in [-0.2, -0.15) is 0 Å². The zero-order valence-corrected chi connectivity index (χ0v) is 14.8. The second kappa shape index (κ2) is 6.74. The highest BCUT2D eigenvalue weighted by Crippen LogP contribution is 2.37. The molecule has 2 heterocycles. The van der Waals surface area contributed by atoms with Crippen LogP contribution in [0.3, 0.4) is 0 Å². The van der Waals surface area contributed by atoms with Crippen molar-refractivity contribution < 1.29 is 14.4 Å². The molecule has 0 fully saturated rings. The first-order valence-corrected chi connectivity index (χ1v) is 8.02. The Morgan fingerprint density at radius 2 is 1.96 bits per heavy atom. The van der Waals surface area contributed by atoms with Gasteiger partial charge in [-0.05, 0) is 32.0 Å². The van der Waals surface area contributed by atoms with E-state index in [9.17, 15) is 9.90 Å². The van der Waals surface area contributed by atoms with Crippen molar-refractivity contribution in [3.63, 3.8) is 0 Å². The van der Waals surface area contributed by atoms with Crippen LogP contribution in [0.25, 0.3) is 11.3 Å². The Morgan fingerprint density at radius 1 is 1.24 bits per heavy atom. The zero-order chi connectivity index (χ0) is 18.1. The third-order valence-electron chi connectivity index (χ3n) is 3.63. The van der Waals surface area contributed by atoms with Crippen LogP contribution in [0.15, 0.2) is 34.9 Å². The number of aryl methyl sites for hydroxylation is 2. The Labute approximate surface area is 153 Å². The molecule has 0 atom stereocenters. The van der Waals surface area contributed by atoms with Gasteiger partial charge in [-0.3, -0.25) is 0 Å². The highest BCUT2D eigenvalue weighted by Gasteiger charge is 2.18. The van der Waals surface area contributed by atoms with Crippen LogP contribution in [0.2, 0.25) is 10.2 Å². The molecule has 0 bridgehead atoms. The van der Waals surface area contributed by atoms with Crippen LogP contribution in [0.4, 0.5) is 11.4 Å². The van der Waals surface area contributed by atoms with Crippen molar-refractivity contribution >= 4 is 40.5 Å². The van der Waals surface area contributed by atoms with Crippen LogP contribution in [0.1, 0.15) is 21.8 Å². The van der Waals surface area contributed by atoms with Crippen LogP contribution in [0.5, 0.6) is 0 Å². The van der Waals surface area contributed by atoms with Gasteiger partial charge in [0.15, 0.2) is 5.15 Å². The average Bonchev–Trinajstić information content (AvgIpc) is 2.89. The summed E-state index contributed by atoms with van der Waals surface area (Å²) in [7, 11) is 0. The molecule has 128 valence electrons. The smallest absolute Gasteiger partial charge is 0.337 e. The van der Waals surface area contributed by atoms with E-state index in [0.717, 1.165) is 5.56 Å². The number of aromatic carboxylic acids is 1. The largest absolute Gasteiger partial charge is 0.478 e. The molecular weight excluding hydrogens is 365 g/mol. The summed E-state index contributed by atoms with van der Waals surface area (Å²) in [5.41, 5.74) is 2.72. The minimum Gasteiger partial charge on any atom is -0.478 e. The SMILES string of the molecule is Cc1noc(C)c1-c1cc(Cl)c(Nc2ccccc2C(=O)O)c(Cl)n1. The quantitative estimate of drug-likeness (QED) is 0.614. The number of carboxylic acids is 1. The fraction of sp³-hybridized carbons (Fsp3) is 0.118. The maximum atomic E-state index is 11.3. The monoisotopic (exact) mass is 377 g/mol. The van der Waals surface area contributed by atoms with Crippen molar-refractivity contribution in [2.24, 2.45) is 0 Å². The molecule has 1 aromatic carbocycles. The van der Waals surface area contributed by atoms with Gasteiger partial charge in [-0.25, -0.2) is 9.78 Å². The minimum atomic E-state index is -1.06. The summed E-state index contributed by atoms with van der Waals surface area (Å²) in [5, 5.41) is 16.5. The Bertz CT molecular complexity index is 927. The first-order valence-electron chi connectivity index (χ1n) is 7.27. The van der Waals surface area contributed by atoms with Gasteiger partial charge in [0.25, 0.3) is 0 Å². The lowest BCUT2D eigenvalue weighted by molar-refractivity contribution is 0.0698. The second-order valence-electron chi connectivity index (χ2n) is 5.33. The number of anilines is 2. The summed E-state index contributed by atoms with van der Waals surface area (Å²) < 4.78 is 5.14. The standard InChI is InChI=1S/C17H13Cl2N3O3/c1-8-14(9(2)25-22-8)13-7-11(18)15(16(19)21-13)20-12-6-4-3-5-10(12)17(23)24/h3-7,20H,1-2H3,(H,23,24). The molecule has 8 heteroatoms. The minimum absolute atomic E-state index is 0.101. The maximum absolute atomic E-state index is 11.3. The number of nitrogens with one attached hydrogen (secondary N) is 1. The summed E-state index contributed by atoms with van der Waals surface area (Å²) in [6.45, 7) is 3.57. The molecule has 0 saturated heterocycles. The number of para-hydroxylation sites is 1. The number of nitrogens with zero attached hydrogens (tertiary/aromatic N) is 2. The van der Waals surface area contributed by atoms with E-state index in [-0.39, 0.29) is 10.7 Å².